The summed E-state index contributed by atoms with van der Waals surface area (Å²) in [4.78, 5) is 30.9. The van der Waals surface area contributed by atoms with Crippen molar-refractivity contribution in [1.82, 2.24) is 9.13 Å². The highest BCUT2D eigenvalue weighted by Gasteiger charge is 2.28. The molecule has 4 rings (SSSR count). The zero-order valence-electron chi connectivity index (χ0n) is 17.4. The molecule has 8 heteroatoms. The van der Waals surface area contributed by atoms with Crippen molar-refractivity contribution in [3.63, 3.8) is 0 Å². The lowest BCUT2D eigenvalue weighted by atomic mass is 9.94. The van der Waals surface area contributed by atoms with E-state index in [-0.39, 0.29) is 34.2 Å². The predicted molar refractivity (Wildman–Crippen MR) is 120 cm³/mol. The van der Waals surface area contributed by atoms with Gasteiger partial charge in [-0.2, -0.15) is 0 Å². The normalized spacial score (nSPS) is 18.6. The first-order valence-electron chi connectivity index (χ1n) is 11.1. The van der Waals surface area contributed by atoms with Gasteiger partial charge >= 0.3 is 5.69 Å². The summed E-state index contributed by atoms with van der Waals surface area (Å²) in [5, 5.41) is 10.9. The molecule has 0 radical (unpaired) electrons. The number of aliphatic imine (C=N–C) groups is 1. The largest absolute Gasteiger partial charge is 0.494 e. The van der Waals surface area contributed by atoms with E-state index < -0.39 is 17.1 Å². The fourth-order valence-corrected chi connectivity index (χ4v) is 4.91. The minimum absolute atomic E-state index is 0.0210. The van der Waals surface area contributed by atoms with E-state index in [0.717, 1.165) is 70.3 Å². The number of hydrogen-bond acceptors (Lipinski definition) is 4. The van der Waals surface area contributed by atoms with Crippen LogP contribution in [0.3, 0.4) is 0 Å². The molecule has 0 aliphatic heterocycles. The summed E-state index contributed by atoms with van der Waals surface area (Å²) in [5.41, 5.74) is -0.748. The van der Waals surface area contributed by atoms with Crippen molar-refractivity contribution >= 4 is 23.5 Å². The third-order valence-corrected chi connectivity index (χ3v) is 6.76. The molecule has 2 aromatic rings. The van der Waals surface area contributed by atoms with Crippen molar-refractivity contribution < 1.29 is 9.50 Å². The molecule has 0 amide bonds. The van der Waals surface area contributed by atoms with Gasteiger partial charge in [-0.05, 0) is 37.8 Å². The number of hydrogen-bond donors (Lipinski definition) is 1. The van der Waals surface area contributed by atoms with Gasteiger partial charge in [0.05, 0.1) is 10.7 Å². The van der Waals surface area contributed by atoms with E-state index in [9.17, 15) is 19.1 Å². The molecule has 31 heavy (non-hydrogen) atoms. The Hall–Kier alpha value is -2.41. The molecule has 166 valence electrons. The Balaban J connectivity index is 1.84. The third kappa shape index (κ3) is 4.47. The van der Waals surface area contributed by atoms with Crippen molar-refractivity contribution in [3.8, 4) is 5.88 Å². The Labute approximate surface area is 185 Å². The zero-order valence-corrected chi connectivity index (χ0v) is 18.2. The van der Waals surface area contributed by atoms with Gasteiger partial charge in [-0.15, -0.1) is 0 Å². The molecule has 0 atom stereocenters. The van der Waals surface area contributed by atoms with Crippen LogP contribution in [-0.2, 0) is 0 Å². The minimum Gasteiger partial charge on any atom is -0.494 e. The first-order valence-corrected chi connectivity index (χ1v) is 11.4. The average Bonchev–Trinajstić information content (AvgIpc) is 2.77. The van der Waals surface area contributed by atoms with E-state index in [2.05, 4.69) is 4.99 Å². The van der Waals surface area contributed by atoms with Crippen LogP contribution in [0.1, 0.15) is 81.9 Å². The van der Waals surface area contributed by atoms with Crippen LogP contribution in [0.25, 0.3) is 0 Å². The van der Waals surface area contributed by atoms with Crippen LogP contribution < -0.4 is 11.2 Å². The SMILES string of the molecule is O=c1c(C=Nc2ccc(Cl)c(F)c2)c(O)n(C2CCCCC2)c(=O)n1C1CCCCC1. The van der Waals surface area contributed by atoms with E-state index in [1.807, 2.05) is 0 Å². The first kappa shape index (κ1) is 21.8. The van der Waals surface area contributed by atoms with Gasteiger partial charge in [0.15, 0.2) is 0 Å². The molecule has 2 aliphatic rings. The fourth-order valence-electron chi connectivity index (χ4n) is 4.80. The number of nitrogens with zero attached hydrogens (tertiary/aromatic N) is 3. The van der Waals surface area contributed by atoms with E-state index >= 15 is 0 Å². The first-order chi connectivity index (χ1) is 15.0. The van der Waals surface area contributed by atoms with Crippen molar-refractivity contribution in [3.05, 3.63) is 55.4 Å². The molecule has 1 aromatic carbocycles. The van der Waals surface area contributed by atoms with Crippen LogP contribution in [0.15, 0.2) is 32.8 Å². The molecule has 0 unspecified atom stereocenters. The molecule has 2 saturated carbocycles. The van der Waals surface area contributed by atoms with Crippen molar-refractivity contribution in [2.75, 3.05) is 0 Å². The van der Waals surface area contributed by atoms with Gasteiger partial charge in [0, 0.05) is 24.4 Å². The minimum atomic E-state index is -0.618. The number of rotatable bonds is 4. The van der Waals surface area contributed by atoms with Crippen LogP contribution in [0.5, 0.6) is 5.88 Å². The molecule has 2 aliphatic carbocycles. The highest BCUT2D eigenvalue weighted by molar-refractivity contribution is 6.30. The Kier molecular flexibility index (Phi) is 6.60. The topological polar surface area (TPSA) is 76.6 Å². The summed E-state index contributed by atoms with van der Waals surface area (Å²) in [7, 11) is 0. The van der Waals surface area contributed by atoms with Gasteiger partial charge in [-0.25, -0.2) is 9.18 Å². The average molecular weight is 448 g/mol. The Morgan fingerprint density at radius 3 is 2.13 bits per heavy atom. The predicted octanol–water partition coefficient (Wildman–Crippen LogP) is 5.27. The summed E-state index contributed by atoms with van der Waals surface area (Å²) in [6.07, 6.45) is 10.4. The molecule has 0 bridgehead atoms. The summed E-state index contributed by atoms with van der Waals surface area (Å²) >= 11 is 5.72. The van der Waals surface area contributed by atoms with Gasteiger partial charge < -0.3 is 5.11 Å². The van der Waals surface area contributed by atoms with E-state index in [0.29, 0.717) is 0 Å². The van der Waals surface area contributed by atoms with Gasteiger partial charge in [0.2, 0.25) is 5.88 Å². The van der Waals surface area contributed by atoms with Gasteiger partial charge in [-0.3, -0.25) is 18.9 Å². The Bertz CT molecular complexity index is 1100. The molecule has 1 heterocycles. The van der Waals surface area contributed by atoms with Crippen LogP contribution in [-0.4, -0.2) is 20.5 Å². The summed E-state index contributed by atoms with van der Waals surface area (Å²) in [5.74, 6) is -0.973. The van der Waals surface area contributed by atoms with Crippen LogP contribution >= 0.6 is 11.6 Å². The van der Waals surface area contributed by atoms with Gasteiger partial charge in [0.25, 0.3) is 5.56 Å². The van der Waals surface area contributed by atoms with E-state index in [1.165, 1.54) is 27.5 Å². The van der Waals surface area contributed by atoms with E-state index in [1.54, 1.807) is 0 Å². The van der Waals surface area contributed by atoms with Crippen LogP contribution in [0, 0.1) is 5.82 Å². The summed E-state index contributed by atoms with van der Waals surface area (Å²) < 4.78 is 16.5. The number of benzene rings is 1. The standard InChI is InChI=1S/C23H27ClFN3O3/c24-19-12-11-15(13-20(19)25)26-14-18-21(29)27(16-7-3-1-4-8-16)23(31)28(22(18)30)17-9-5-2-6-10-17/h11-14,16-17,29H,1-10H2. The third-order valence-electron chi connectivity index (χ3n) is 6.46. The summed E-state index contributed by atoms with van der Waals surface area (Å²) in [6.45, 7) is 0. The molecule has 1 aromatic heterocycles. The quantitative estimate of drug-likeness (QED) is 0.648. The lowest BCUT2D eigenvalue weighted by Crippen LogP contribution is -2.45. The number of aromatic nitrogens is 2. The second-order valence-corrected chi connectivity index (χ2v) is 8.91. The monoisotopic (exact) mass is 447 g/mol. The smallest absolute Gasteiger partial charge is 0.334 e. The molecule has 1 N–H and O–H groups in total. The zero-order chi connectivity index (χ0) is 22.0. The van der Waals surface area contributed by atoms with Gasteiger partial charge in [0.1, 0.15) is 11.4 Å². The van der Waals surface area contributed by atoms with Crippen LogP contribution in [0.4, 0.5) is 10.1 Å². The molecule has 6 nitrogen and oxygen atoms in total. The molecule has 2 fully saturated rings. The molecular weight excluding hydrogens is 421 g/mol. The Morgan fingerprint density at radius 2 is 1.55 bits per heavy atom. The summed E-state index contributed by atoms with van der Waals surface area (Å²) in [6, 6.07) is 3.75. The number of aromatic hydroxyl groups is 1. The molecule has 0 spiro atoms. The number of halogens is 2. The van der Waals surface area contributed by atoms with Gasteiger partial charge in [-0.1, -0.05) is 50.1 Å². The lowest BCUT2D eigenvalue weighted by Gasteiger charge is -2.29. The second-order valence-electron chi connectivity index (χ2n) is 8.51. The van der Waals surface area contributed by atoms with Crippen molar-refractivity contribution in [2.45, 2.75) is 76.3 Å². The Morgan fingerprint density at radius 1 is 0.968 bits per heavy atom. The maximum Gasteiger partial charge on any atom is 0.334 e. The highest BCUT2D eigenvalue weighted by Crippen LogP contribution is 2.32. The fraction of sp³-hybridized carbons (Fsp3) is 0.522. The highest BCUT2D eigenvalue weighted by atomic mass is 35.5. The maximum absolute atomic E-state index is 13.8. The second kappa shape index (κ2) is 9.39. The molecule has 0 saturated heterocycles. The maximum atomic E-state index is 13.8. The van der Waals surface area contributed by atoms with E-state index in [4.69, 9.17) is 11.6 Å². The lowest BCUT2D eigenvalue weighted by molar-refractivity contribution is 0.271. The van der Waals surface area contributed by atoms with Crippen LogP contribution in [0.2, 0.25) is 5.02 Å². The molecular formula is C23H27ClFN3O3. The van der Waals surface area contributed by atoms with Crippen molar-refractivity contribution in [2.24, 2.45) is 4.99 Å². The van der Waals surface area contributed by atoms with Crippen molar-refractivity contribution in [1.29, 1.82) is 0 Å².